The standard InChI is InChI=1S/C14H18N2O3.C3H8O/c1-9(2)11(6-17)12-3-13(15-19-12)16-7-14(8-16)4-10(18)5-14;1-3-4-2/h3,6,9,11H,4-5,7-8H2,1-2H3;3H2,1-2H3. The van der Waals surface area contributed by atoms with E-state index in [1.54, 1.807) is 7.11 Å². The first kappa shape index (κ1) is 17.7. The lowest BCUT2D eigenvalue weighted by atomic mass is 9.63. The molecule has 0 N–H and O–H groups in total. The number of aldehydes is 1. The third-order valence-corrected chi connectivity index (χ3v) is 4.52. The first-order chi connectivity index (χ1) is 10.9. The topological polar surface area (TPSA) is 72.6 Å². The van der Waals surface area contributed by atoms with Gasteiger partial charge in [-0.05, 0) is 12.8 Å². The van der Waals surface area contributed by atoms with Crippen LogP contribution in [0.15, 0.2) is 10.6 Å². The number of rotatable bonds is 5. The van der Waals surface area contributed by atoms with Crippen molar-refractivity contribution < 1.29 is 18.8 Å². The van der Waals surface area contributed by atoms with Gasteiger partial charge in [0.15, 0.2) is 5.82 Å². The fourth-order valence-corrected chi connectivity index (χ4v) is 3.07. The van der Waals surface area contributed by atoms with Crippen molar-refractivity contribution in [3.63, 3.8) is 0 Å². The van der Waals surface area contributed by atoms with E-state index < -0.39 is 0 Å². The van der Waals surface area contributed by atoms with Gasteiger partial charge < -0.3 is 19.0 Å². The van der Waals surface area contributed by atoms with Crippen LogP contribution in [0, 0.1) is 11.3 Å². The number of nitrogens with zero attached hydrogens (tertiary/aromatic N) is 2. The minimum Gasteiger partial charge on any atom is -0.385 e. The molecule has 0 bridgehead atoms. The molecule has 1 spiro atoms. The van der Waals surface area contributed by atoms with Gasteiger partial charge in [-0.1, -0.05) is 19.0 Å². The van der Waals surface area contributed by atoms with Gasteiger partial charge >= 0.3 is 0 Å². The van der Waals surface area contributed by atoms with Crippen LogP contribution >= 0.6 is 0 Å². The summed E-state index contributed by atoms with van der Waals surface area (Å²) >= 11 is 0. The number of hydrogen-bond donors (Lipinski definition) is 0. The van der Waals surface area contributed by atoms with Crippen LogP contribution < -0.4 is 4.90 Å². The fourth-order valence-electron chi connectivity index (χ4n) is 3.07. The monoisotopic (exact) mass is 322 g/mol. The second-order valence-electron chi connectivity index (χ2n) is 6.82. The Labute approximate surface area is 137 Å². The molecule has 1 aromatic rings. The molecule has 6 nitrogen and oxygen atoms in total. The molecule has 1 atom stereocenters. The maximum Gasteiger partial charge on any atom is 0.172 e. The largest absolute Gasteiger partial charge is 0.385 e. The zero-order valence-electron chi connectivity index (χ0n) is 14.4. The molecular weight excluding hydrogens is 296 g/mol. The number of methoxy groups -OCH3 is 1. The number of carbonyl (C=O) groups is 2. The Morgan fingerprint density at radius 1 is 1.43 bits per heavy atom. The zero-order chi connectivity index (χ0) is 17.0. The molecule has 0 amide bonds. The van der Waals surface area contributed by atoms with Crippen molar-refractivity contribution in [2.24, 2.45) is 11.3 Å². The maximum atomic E-state index is 11.1. The van der Waals surface area contributed by atoms with E-state index in [2.05, 4.69) is 14.8 Å². The molecule has 0 aromatic carbocycles. The van der Waals surface area contributed by atoms with Gasteiger partial charge in [0.1, 0.15) is 17.8 Å². The van der Waals surface area contributed by atoms with Gasteiger partial charge in [-0.2, -0.15) is 0 Å². The van der Waals surface area contributed by atoms with Gasteiger partial charge in [-0.3, -0.25) is 4.79 Å². The predicted octanol–water partition coefficient (Wildman–Crippen LogP) is 2.44. The Morgan fingerprint density at radius 3 is 2.48 bits per heavy atom. The number of ketones is 1. The molecule has 23 heavy (non-hydrogen) atoms. The highest BCUT2D eigenvalue weighted by atomic mass is 16.5. The third kappa shape index (κ3) is 3.80. The number of aromatic nitrogens is 1. The molecule has 2 heterocycles. The van der Waals surface area contributed by atoms with E-state index in [4.69, 9.17) is 4.52 Å². The number of Topliss-reactive ketones (excluding diaryl/α,β-unsaturated/α-hetero) is 1. The summed E-state index contributed by atoms with van der Waals surface area (Å²) in [7, 11) is 1.68. The van der Waals surface area contributed by atoms with Crippen LogP contribution in [0.25, 0.3) is 0 Å². The highest BCUT2D eigenvalue weighted by Crippen LogP contribution is 2.47. The molecule has 1 aromatic heterocycles. The van der Waals surface area contributed by atoms with Crippen molar-refractivity contribution in [3.05, 3.63) is 11.8 Å². The first-order valence-corrected chi connectivity index (χ1v) is 8.12. The number of anilines is 1. The molecule has 1 aliphatic carbocycles. The Kier molecular flexibility index (Phi) is 5.57. The molecule has 2 aliphatic rings. The summed E-state index contributed by atoms with van der Waals surface area (Å²) < 4.78 is 9.83. The lowest BCUT2D eigenvalue weighted by Gasteiger charge is -2.54. The predicted molar refractivity (Wildman–Crippen MR) is 86.6 cm³/mol. The van der Waals surface area contributed by atoms with Crippen LogP contribution in [-0.2, 0) is 14.3 Å². The van der Waals surface area contributed by atoms with Crippen molar-refractivity contribution in [2.45, 2.75) is 39.5 Å². The third-order valence-electron chi connectivity index (χ3n) is 4.52. The van der Waals surface area contributed by atoms with Gasteiger partial charge in [0.2, 0.25) is 0 Å². The van der Waals surface area contributed by atoms with E-state index in [0.29, 0.717) is 24.4 Å². The fraction of sp³-hybridized carbons (Fsp3) is 0.706. The highest BCUT2D eigenvalue weighted by Gasteiger charge is 2.52. The minimum absolute atomic E-state index is 0.199. The number of carbonyl (C=O) groups excluding carboxylic acids is 2. The first-order valence-electron chi connectivity index (χ1n) is 8.12. The van der Waals surface area contributed by atoms with Crippen LogP contribution in [0.4, 0.5) is 5.82 Å². The van der Waals surface area contributed by atoms with E-state index >= 15 is 0 Å². The molecule has 2 fully saturated rings. The average molecular weight is 322 g/mol. The number of hydrogen-bond acceptors (Lipinski definition) is 6. The second-order valence-corrected chi connectivity index (χ2v) is 6.82. The van der Waals surface area contributed by atoms with Crippen LogP contribution in [0.5, 0.6) is 0 Å². The van der Waals surface area contributed by atoms with Crippen molar-refractivity contribution in [1.29, 1.82) is 0 Å². The van der Waals surface area contributed by atoms with E-state index in [-0.39, 0.29) is 17.3 Å². The van der Waals surface area contributed by atoms with Crippen LogP contribution in [-0.4, -0.2) is 44.0 Å². The maximum absolute atomic E-state index is 11.1. The summed E-state index contributed by atoms with van der Waals surface area (Å²) in [6.07, 6.45) is 2.32. The molecule has 0 radical (unpaired) electrons. The molecule has 6 heteroatoms. The Hall–Kier alpha value is -1.69. The van der Waals surface area contributed by atoms with Crippen molar-refractivity contribution in [2.75, 3.05) is 31.7 Å². The number of ether oxygens (including phenoxy) is 1. The van der Waals surface area contributed by atoms with Gasteiger partial charge in [0.05, 0.1) is 5.92 Å². The second kappa shape index (κ2) is 7.25. The summed E-state index contributed by atoms with van der Waals surface area (Å²) in [5, 5.41) is 4.04. The molecule has 1 saturated heterocycles. The molecular formula is C17H26N2O4. The lowest BCUT2D eigenvalue weighted by Crippen LogP contribution is -2.62. The van der Waals surface area contributed by atoms with Gasteiger partial charge in [-0.15, -0.1) is 0 Å². The van der Waals surface area contributed by atoms with Crippen LogP contribution in [0.2, 0.25) is 0 Å². The normalized spacial score (nSPS) is 19.7. The zero-order valence-corrected chi connectivity index (χ0v) is 14.4. The summed E-state index contributed by atoms with van der Waals surface area (Å²) in [6.45, 7) is 8.50. The summed E-state index contributed by atoms with van der Waals surface area (Å²) in [5.74, 6) is 1.74. The Bertz CT molecular complexity index is 535. The molecule has 3 rings (SSSR count). The van der Waals surface area contributed by atoms with E-state index in [1.165, 1.54) is 0 Å². The molecule has 1 saturated carbocycles. The van der Waals surface area contributed by atoms with Crippen LogP contribution in [0.3, 0.4) is 0 Å². The van der Waals surface area contributed by atoms with Gasteiger partial charge in [0, 0.05) is 51.1 Å². The SMILES string of the molecule is CC(C)C(C=O)c1cc(N2CC3(CC(=O)C3)C2)no1.CCOC. The molecule has 1 unspecified atom stereocenters. The molecule has 1 aliphatic heterocycles. The minimum atomic E-state index is -0.234. The summed E-state index contributed by atoms with van der Waals surface area (Å²) in [4.78, 5) is 24.2. The van der Waals surface area contributed by atoms with Crippen molar-refractivity contribution >= 4 is 17.9 Å². The van der Waals surface area contributed by atoms with E-state index in [9.17, 15) is 9.59 Å². The van der Waals surface area contributed by atoms with E-state index in [1.807, 2.05) is 26.8 Å². The quantitative estimate of drug-likeness (QED) is 0.775. The summed E-state index contributed by atoms with van der Waals surface area (Å²) in [5.41, 5.74) is 0.207. The Morgan fingerprint density at radius 2 is 2.04 bits per heavy atom. The average Bonchev–Trinajstić information content (AvgIpc) is 2.91. The van der Waals surface area contributed by atoms with Gasteiger partial charge in [-0.25, -0.2) is 0 Å². The highest BCUT2D eigenvalue weighted by molar-refractivity contribution is 5.87. The van der Waals surface area contributed by atoms with Crippen LogP contribution in [0.1, 0.15) is 45.3 Å². The lowest BCUT2D eigenvalue weighted by molar-refractivity contribution is -0.134. The van der Waals surface area contributed by atoms with Crippen molar-refractivity contribution in [1.82, 2.24) is 5.16 Å². The van der Waals surface area contributed by atoms with Crippen molar-refractivity contribution in [3.8, 4) is 0 Å². The van der Waals surface area contributed by atoms with E-state index in [0.717, 1.165) is 31.8 Å². The summed E-state index contributed by atoms with van der Waals surface area (Å²) in [6, 6.07) is 1.85. The Balaban J connectivity index is 0.000000433. The smallest absolute Gasteiger partial charge is 0.172 e. The van der Waals surface area contributed by atoms with Gasteiger partial charge in [0.25, 0.3) is 0 Å². The molecule has 128 valence electrons.